The summed E-state index contributed by atoms with van der Waals surface area (Å²) in [6, 6.07) is 0.522. The van der Waals surface area contributed by atoms with Gasteiger partial charge in [0.1, 0.15) is 0 Å². The summed E-state index contributed by atoms with van der Waals surface area (Å²) in [5.41, 5.74) is 6.06. The summed E-state index contributed by atoms with van der Waals surface area (Å²) in [5.74, 6) is 3.62. The van der Waals surface area contributed by atoms with Crippen LogP contribution in [0.2, 0.25) is 0 Å². The Morgan fingerprint density at radius 2 is 2.03 bits per heavy atom. The number of nitrogens with one attached hydrogen (secondary N) is 1. The highest BCUT2D eigenvalue weighted by Crippen LogP contribution is 2.65. The molecule has 170 valence electrons. The van der Waals surface area contributed by atoms with Gasteiger partial charge in [-0.1, -0.05) is 37.1 Å². The Labute approximate surface area is 187 Å². The summed E-state index contributed by atoms with van der Waals surface area (Å²) >= 11 is 0. The number of hydrogen-bond donors (Lipinski definition) is 2. The first-order valence-corrected chi connectivity index (χ1v) is 12.9. The summed E-state index contributed by atoms with van der Waals surface area (Å²) in [6.45, 7) is 10.9. The van der Waals surface area contributed by atoms with Crippen LogP contribution in [0.4, 0.5) is 0 Å². The molecule has 0 radical (unpaired) electrons. The second kappa shape index (κ2) is 6.93. The first-order chi connectivity index (χ1) is 14.9. The monoisotopic (exact) mass is 424 g/mol. The zero-order valence-corrected chi connectivity index (χ0v) is 19.8. The van der Waals surface area contributed by atoms with E-state index in [1.165, 1.54) is 38.5 Å². The van der Waals surface area contributed by atoms with Crippen LogP contribution >= 0.6 is 0 Å². The van der Waals surface area contributed by atoms with Crippen molar-refractivity contribution in [3.8, 4) is 0 Å². The lowest BCUT2D eigenvalue weighted by atomic mass is 9.56. The number of oxime groups is 1. The van der Waals surface area contributed by atoms with E-state index in [4.69, 9.17) is 4.74 Å². The second-order valence-corrected chi connectivity index (χ2v) is 12.1. The fourth-order valence-corrected chi connectivity index (χ4v) is 9.10. The molecule has 9 atom stereocenters. The minimum atomic E-state index is -0.0332. The van der Waals surface area contributed by atoms with Gasteiger partial charge >= 0.3 is 0 Å². The molecular weight excluding hydrogens is 384 g/mol. The van der Waals surface area contributed by atoms with Gasteiger partial charge in [-0.2, -0.15) is 0 Å². The van der Waals surface area contributed by atoms with Crippen LogP contribution in [0, 0.1) is 35.0 Å². The minimum absolute atomic E-state index is 0.0332. The lowest BCUT2D eigenvalue weighted by Gasteiger charge is -2.48. The molecule has 2 saturated heterocycles. The van der Waals surface area contributed by atoms with Crippen molar-refractivity contribution in [3.63, 3.8) is 0 Å². The first kappa shape index (κ1) is 20.5. The predicted molar refractivity (Wildman–Crippen MR) is 123 cm³/mol. The molecule has 1 spiro atoms. The highest BCUT2D eigenvalue weighted by molar-refractivity contribution is 5.96. The fourth-order valence-electron chi connectivity index (χ4n) is 9.10. The summed E-state index contributed by atoms with van der Waals surface area (Å²) in [5, 5.41) is 16.7. The number of ether oxygens (including phenoxy) is 1. The quantitative estimate of drug-likeness (QED) is 0.308. The van der Waals surface area contributed by atoms with Gasteiger partial charge < -0.3 is 15.3 Å². The van der Waals surface area contributed by atoms with Crippen molar-refractivity contribution in [2.24, 2.45) is 40.2 Å². The molecular formula is C27H40N2O2. The summed E-state index contributed by atoms with van der Waals surface area (Å²) in [7, 11) is 0. The molecule has 2 aliphatic heterocycles. The van der Waals surface area contributed by atoms with Gasteiger partial charge in [-0.15, -0.1) is 0 Å². The fraction of sp³-hybridized carbons (Fsp3) is 0.815. The van der Waals surface area contributed by atoms with Gasteiger partial charge in [0.2, 0.25) is 0 Å². The van der Waals surface area contributed by atoms with E-state index < -0.39 is 0 Å². The van der Waals surface area contributed by atoms with Crippen molar-refractivity contribution < 1.29 is 9.94 Å². The number of piperidine rings is 1. The van der Waals surface area contributed by atoms with Crippen LogP contribution in [0.25, 0.3) is 0 Å². The van der Waals surface area contributed by atoms with Crippen LogP contribution in [-0.4, -0.2) is 35.2 Å². The summed E-state index contributed by atoms with van der Waals surface area (Å²) < 4.78 is 7.04. The lowest BCUT2D eigenvalue weighted by molar-refractivity contribution is -0.0551. The van der Waals surface area contributed by atoms with Crippen LogP contribution in [-0.2, 0) is 4.74 Å². The van der Waals surface area contributed by atoms with Crippen molar-refractivity contribution >= 4 is 5.71 Å². The number of hydrogen-bond acceptors (Lipinski definition) is 4. The SMILES string of the molecule is CC1=C2C[C@H]3[C@@H](CCC4=C/C(=N/O)CC[C@@]43C)[C@@H]2CC[C@]12O[C@@H]1C[C@H](C)CN[C@H]1[C@H]2C. The van der Waals surface area contributed by atoms with Gasteiger partial charge in [-0.25, -0.2) is 0 Å². The van der Waals surface area contributed by atoms with Crippen LogP contribution in [0.1, 0.15) is 79.1 Å². The van der Waals surface area contributed by atoms with Gasteiger partial charge in [0.15, 0.2) is 0 Å². The number of allylic oxidation sites excluding steroid dienone is 3. The molecule has 0 aromatic carbocycles. The van der Waals surface area contributed by atoms with E-state index in [1.807, 2.05) is 0 Å². The molecule has 0 aromatic rings. The number of nitrogens with zero attached hydrogens (tertiary/aromatic N) is 1. The molecule has 4 fully saturated rings. The van der Waals surface area contributed by atoms with Gasteiger partial charge in [0, 0.05) is 12.0 Å². The van der Waals surface area contributed by atoms with Gasteiger partial charge in [0.25, 0.3) is 0 Å². The van der Waals surface area contributed by atoms with E-state index in [-0.39, 0.29) is 11.0 Å². The topological polar surface area (TPSA) is 53.9 Å². The molecule has 0 aromatic heterocycles. The Bertz CT molecular complexity index is 874. The highest BCUT2D eigenvalue weighted by Gasteiger charge is 2.60. The molecule has 31 heavy (non-hydrogen) atoms. The van der Waals surface area contributed by atoms with Crippen molar-refractivity contribution in [1.82, 2.24) is 5.32 Å². The Morgan fingerprint density at radius 3 is 2.84 bits per heavy atom. The maximum atomic E-state index is 9.32. The minimum Gasteiger partial charge on any atom is -0.411 e. The van der Waals surface area contributed by atoms with E-state index in [0.717, 1.165) is 42.9 Å². The molecule has 0 amide bonds. The van der Waals surface area contributed by atoms with E-state index in [9.17, 15) is 5.21 Å². The standard InChI is InChI=1S/C27H40N2O2/c1-15-11-24-25(28-14-15)17(3)27(31-24)10-8-20-21-6-5-18-12-19(29-30)7-9-26(18,4)23(21)13-22(20)16(27)2/h12,15,17,20-21,23-25,28,30H,5-11,13-14H2,1-4H3/b29-19+/t15-,17+,20-,21-,23-,24+,25-,26-,27-/m0/s1. The second-order valence-electron chi connectivity index (χ2n) is 12.1. The maximum Gasteiger partial charge on any atom is 0.0937 e. The third-order valence-corrected chi connectivity index (χ3v) is 10.9. The largest absolute Gasteiger partial charge is 0.411 e. The highest BCUT2D eigenvalue weighted by atomic mass is 16.5. The van der Waals surface area contributed by atoms with Crippen LogP contribution in [0.15, 0.2) is 28.0 Å². The van der Waals surface area contributed by atoms with Crippen molar-refractivity contribution in [3.05, 3.63) is 22.8 Å². The van der Waals surface area contributed by atoms with E-state index in [0.29, 0.717) is 24.0 Å². The predicted octanol–water partition coefficient (Wildman–Crippen LogP) is 5.47. The number of fused-ring (bicyclic) bond motifs is 6. The average Bonchev–Trinajstić information content (AvgIpc) is 3.27. The molecule has 0 bridgehead atoms. The third-order valence-electron chi connectivity index (χ3n) is 10.9. The van der Waals surface area contributed by atoms with Crippen molar-refractivity contribution in [2.45, 2.75) is 96.8 Å². The molecule has 2 heterocycles. The normalized spacial score (nSPS) is 52.6. The third kappa shape index (κ3) is 2.70. The molecule has 2 N–H and O–H groups in total. The molecule has 6 aliphatic rings. The molecule has 6 rings (SSSR count). The summed E-state index contributed by atoms with van der Waals surface area (Å²) in [6.07, 6.45) is 12.2. The Morgan fingerprint density at radius 1 is 1.19 bits per heavy atom. The number of rotatable bonds is 0. The van der Waals surface area contributed by atoms with Crippen molar-refractivity contribution in [1.29, 1.82) is 0 Å². The maximum absolute atomic E-state index is 9.32. The first-order valence-electron chi connectivity index (χ1n) is 12.9. The van der Waals surface area contributed by atoms with E-state index in [2.05, 4.69) is 44.2 Å². The van der Waals surface area contributed by atoms with Gasteiger partial charge in [0.05, 0.1) is 17.4 Å². The van der Waals surface area contributed by atoms with Gasteiger partial charge in [-0.3, -0.25) is 0 Å². The van der Waals surface area contributed by atoms with E-state index in [1.54, 1.807) is 16.7 Å². The summed E-state index contributed by atoms with van der Waals surface area (Å²) in [4.78, 5) is 0. The van der Waals surface area contributed by atoms with Gasteiger partial charge in [-0.05, 0) is 106 Å². The molecule has 0 unspecified atom stereocenters. The van der Waals surface area contributed by atoms with Crippen molar-refractivity contribution in [2.75, 3.05) is 6.54 Å². The van der Waals surface area contributed by atoms with Crippen LogP contribution < -0.4 is 5.32 Å². The zero-order chi connectivity index (χ0) is 21.5. The van der Waals surface area contributed by atoms with Crippen LogP contribution in [0.5, 0.6) is 0 Å². The van der Waals surface area contributed by atoms with E-state index >= 15 is 0 Å². The smallest absolute Gasteiger partial charge is 0.0937 e. The Hall–Kier alpha value is -1.13. The Balaban J connectivity index is 1.35. The lowest BCUT2D eigenvalue weighted by Crippen LogP contribution is -2.49. The molecule has 2 saturated carbocycles. The Kier molecular flexibility index (Phi) is 4.58. The molecule has 4 heteroatoms. The average molecular weight is 425 g/mol. The van der Waals surface area contributed by atoms with Crippen LogP contribution in [0.3, 0.4) is 0 Å². The molecule has 4 nitrogen and oxygen atoms in total. The molecule has 4 aliphatic carbocycles. The zero-order valence-electron chi connectivity index (χ0n) is 19.8.